The summed E-state index contributed by atoms with van der Waals surface area (Å²) in [7, 11) is 0. The number of nitrogens with zero attached hydrogens (tertiary/aromatic N) is 2. The minimum Gasteiger partial charge on any atom is -0.370 e. The molecule has 2 aromatic carbocycles. The number of nitrogens with one attached hydrogen (secondary N) is 9. The number of hydrogen-bond acceptors (Lipinski definition) is 12. The number of aromatic nitrogens is 1. The smallest absolute Gasteiger partial charge is 0.243 e. The molecule has 0 aliphatic carbocycles. The van der Waals surface area contributed by atoms with E-state index in [9.17, 15) is 47.5 Å². The number of carbonyl (C=O) groups excluding carboxylic acids is 9. The fourth-order valence-electron chi connectivity index (χ4n) is 8.11. The summed E-state index contributed by atoms with van der Waals surface area (Å²) in [6.07, 6.45) is 0.706. The molecule has 4 rings (SSSR count). The molecule has 3 aromatic rings. The number of H-pyrrole nitrogens is 1. The maximum Gasteiger partial charge on any atom is 0.243 e. The van der Waals surface area contributed by atoms with Gasteiger partial charge in [-0.25, -0.2) is 4.39 Å². The largest absolute Gasteiger partial charge is 0.370 e. The van der Waals surface area contributed by atoms with Gasteiger partial charge in [-0.3, -0.25) is 53.1 Å². The van der Waals surface area contributed by atoms with Crippen LogP contribution in [0, 0.1) is 5.82 Å². The predicted octanol–water partition coefficient (Wildman–Crippen LogP) is -3.86. The van der Waals surface area contributed by atoms with Gasteiger partial charge in [0.05, 0.1) is 0 Å². The third kappa shape index (κ3) is 20.2. The van der Waals surface area contributed by atoms with Crippen molar-refractivity contribution in [3.8, 4) is 0 Å². The number of guanidine groups is 2. The minimum atomic E-state index is -1.52. The van der Waals surface area contributed by atoms with E-state index in [1.807, 2.05) is 18.2 Å². The lowest BCUT2D eigenvalue weighted by atomic mass is 10.0. The number of aliphatic imine (C=N–C) groups is 2. The fraction of sp³-hybridized carbons (Fsp3) is 0.479. The third-order valence-corrected chi connectivity index (χ3v) is 12.0. The maximum absolute atomic E-state index is 14.5. The highest BCUT2D eigenvalue weighted by molar-refractivity contribution is 5.98. The first kappa shape index (κ1) is 59.2. The molecule has 1 saturated heterocycles. The first-order valence-corrected chi connectivity index (χ1v) is 24.5. The second-order valence-electron chi connectivity index (χ2n) is 17.9. The fourth-order valence-corrected chi connectivity index (χ4v) is 8.11. The Kier molecular flexibility index (Phi) is 23.7. The van der Waals surface area contributed by atoms with Crippen LogP contribution in [0.15, 0.2) is 64.7 Å². The van der Waals surface area contributed by atoms with Gasteiger partial charge in [-0.1, -0.05) is 30.3 Å². The van der Waals surface area contributed by atoms with Gasteiger partial charge >= 0.3 is 0 Å². The van der Waals surface area contributed by atoms with Crippen molar-refractivity contribution in [1.29, 1.82) is 0 Å². The van der Waals surface area contributed by atoms with Gasteiger partial charge in [0.1, 0.15) is 48.1 Å². The number of hydrogen-bond donors (Lipinski definition) is 15. The summed E-state index contributed by atoms with van der Waals surface area (Å²) in [6.45, 7) is 1.11. The number of benzene rings is 2. The molecule has 1 aromatic heterocycles. The molecule has 26 nitrogen and oxygen atoms in total. The zero-order valence-corrected chi connectivity index (χ0v) is 41.8. The van der Waals surface area contributed by atoms with E-state index in [0.717, 1.165) is 23.0 Å². The number of carbonyl (C=O) groups is 9. The summed E-state index contributed by atoms with van der Waals surface area (Å²) in [5, 5.41) is 21.7. The van der Waals surface area contributed by atoms with Crippen LogP contribution in [0.4, 0.5) is 4.39 Å². The highest BCUT2D eigenvalue weighted by atomic mass is 19.1. The number of primary amides is 1. The Morgan fingerprint density at radius 3 is 1.95 bits per heavy atom. The van der Waals surface area contributed by atoms with E-state index < -0.39 is 101 Å². The summed E-state index contributed by atoms with van der Waals surface area (Å²) in [6, 6.07) is 2.50. The Hall–Kier alpha value is -8.36. The molecule has 27 heteroatoms. The van der Waals surface area contributed by atoms with Crippen LogP contribution >= 0.6 is 0 Å². The number of para-hydroxylation sites is 1. The van der Waals surface area contributed by atoms with Crippen molar-refractivity contribution in [2.75, 3.05) is 26.2 Å². The Balaban J connectivity index is 1.77. The Morgan fingerprint density at radius 2 is 1.31 bits per heavy atom. The number of aromatic amines is 1. The Morgan fingerprint density at radius 1 is 0.720 bits per heavy atom. The van der Waals surface area contributed by atoms with Crippen LogP contribution in [0.5, 0.6) is 0 Å². The van der Waals surface area contributed by atoms with Gasteiger partial charge in [0.2, 0.25) is 53.2 Å². The van der Waals surface area contributed by atoms with Crippen LogP contribution in [-0.4, -0.2) is 139 Å². The van der Waals surface area contributed by atoms with Crippen LogP contribution in [-0.2, 0) is 56.0 Å². The molecule has 7 atom stereocenters. The number of rotatable bonds is 18. The molecule has 9 amide bonds. The van der Waals surface area contributed by atoms with Gasteiger partial charge in [0.25, 0.3) is 0 Å². The molecule has 1 fully saturated rings. The molecular weight excluding hydrogens is 978 g/mol. The molecule has 0 spiro atoms. The summed E-state index contributed by atoms with van der Waals surface area (Å²) < 4.78 is 14.1. The molecule has 0 radical (unpaired) electrons. The van der Waals surface area contributed by atoms with E-state index in [1.165, 1.54) is 19.1 Å². The van der Waals surface area contributed by atoms with Gasteiger partial charge in [-0.15, -0.1) is 0 Å². The zero-order chi connectivity index (χ0) is 55.0. The van der Waals surface area contributed by atoms with Crippen LogP contribution in [0.3, 0.4) is 0 Å². The summed E-state index contributed by atoms with van der Waals surface area (Å²) in [5.41, 5.74) is 35.3. The van der Waals surface area contributed by atoms with E-state index in [4.69, 9.17) is 34.4 Å². The normalized spacial score (nSPS) is 21.1. The third-order valence-electron chi connectivity index (χ3n) is 12.0. The van der Waals surface area contributed by atoms with E-state index in [2.05, 4.69) is 57.5 Å². The second-order valence-corrected chi connectivity index (χ2v) is 17.9. The molecule has 1 aliphatic heterocycles. The summed E-state index contributed by atoms with van der Waals surface area (Å²) >= 11 is 0. The maximum atomic E-state index is 14.5. The average molecular weight is 1050 g/mol. The van der Waals surface area contributed by atoms with E-state index in [1.54, 1.807) is 12.3 Å². The van der Waals surface area contributed by atoms with E-state index in [-0.39, 0.29) is 109 Å². The van der Waals surface area contributed by atoms with E-state index in [0.29, 0.717) is 11.1 Å². The number of amides is 9. The Bertz CT molecular complexity index is 2530. The van der Waals surface area contributed by atoms with Crippen molar-refractivity contribution in [3.63, 3.8) is 0 Å². The standard InChI is InChI=1S/C48H70FN17O9/c1-26(67)60-33(10-5-21-57-47(52)53)41(70)63-35-16-17-39(68)56-20-4-9-32(40(51)69)61-46(75)38(24-28-25-59-31-8-3-2-7-30(28)31)66-42(71)34(11-6-22-58-48(54)55)62-45(74)37(23-27-12-14-29(49)15-13-27)65-44(73)36(18-19-50)64-43(35)72/h2-3,7-8,12-15,25,32-38,59H,4-6,9-11,16-24,50H2,1H3,(H2,51,69)(H,56,68)(H,60,67)(H,61,75)(H,62,74)(H,63,70)(H,64,72)(H,65,73)(H,66,71)(H4,52,53,57)(H4,54,55,58)/t32?,33-,34-,35-,36-,37+,38-/m0/s1. The SMILES string of the molecule is CC(=O)N[C@@H](CCCN=C(N)N)C(=O)N[C@H]1CCC(=O)NCCCC(C(N)=O)NC(=O)[C@H](Cc2c[nH]c3ccccc23)NC(=O)[C@H](CCCN=C(N)N)NC(=O)[C@@H](Cc2ccc(F)cc2)NC(=O)[C@H](CCN)NC1=O. The van der Waals surface area contributed by atoms with Crippen LogP contribution in [0.1, 0.15) is 75.8 Å². The minimum absolute atomic E-state index is 0.0208. The molecule has 75 heavy (non-hydrogen) atoms. The van der Waals surface area contributed by atoms with Crippen molar-refractivity contribution in [1.82, 2.24) is 47.5 Å². The topological polar surface area (TPSA) is 446 Å². The lowest BCUT2D eigenvalue weighted by Gasteiger charge is -2.28. The monoisotopic (exact) mass is 1050 g/mol. The molecule has 21 N–H and O–H groups in total. The van der Waals surface area contributed by atoms with Crippen LogP contribution < -0.4 is 76.9 Å². The number of fused-ring (bicyclic) bond motifs is 1. The molecule has 0 saturated carbocycles. The molecule has 1 aliphatic rings. The van der Waals surface area contributed by atoms with Crippen molar-refractivity contribution in [2.24, 2.45) is 44.4 Å². The molecule has 408 valence electrons. The first-order valence-electron chi connectivity index (χ1n) is 24.5. The van der Waals surface area contributed by atoms with Crippen molar-refractivity contribution >= 4 is 76.0 Å². The lowest BCUT2D eigenvalue weighted by Crippen LogP contribution is -2.60. The molecule has 1 unspecified atom stereocenters. The second kappa shape index (κ2) is 30.0. The van der Waals surface area contributed by atoms with Gasteiger partial charge in [-0.2, -0.15) is 0 Å². The van der Waals surface area contributed by atoms with Gasteiger partial charge in [0.15, 0.2) is 11.9 Å². The first-order chi connectivity index (χ1) is 35.7. The lowest BCUT2D eigenvalue weighted by molar-refractivity contribution is -0.136. The van der Waals surface area contributed by atoms with Crippen LogP contribution in [0.25, 0.3) is 10.9 Å². The quantitative estimate of drug-likeness (QED) is 0.0330. The number of nitrogens with two attached hydrogens (primary N) is 6. The summed E-state index contributed by atoms with van der Waals surface area (Å²) in [4.78, 5) is 135. The van der Waals surface area contributed by atoms with Crippen molar-refractivity contribution in [3.05, 3.63) is 71.7 Å². The number of halogens is 1. The highest BCUT2D eigenvalue weighted by Gasteiger charge is 2.35. The Labute approximate surface area is 432 Å². The predicted molar refractivity (Wildman–Crippen MR) is 275 cm³/mol. The van der Waals surface area contributed by atoms with Crippen molar-refractivity contribution in [2.45, 2.75) is 120 Å². The molecular formula is C48H70FN17O9. The van der Waals surface area contributed by atoms with Gasteiger partial charge in [-0.05, 0) is 87.2 Å². The van der Waals surface area contributed by atoms with Crippen molar-refractivity contribution < 1.29 is 47.5 Å². The molecule has 2 heterocycles. The zero-order valence-electron chi connectivity index (χ0n) is 41.8. The van der Waals surface area contributed by atoms with Gasteiger partial charge in [0, 0.05) is 62.9 Å². The van der Waals surface area contributed by atoms with E-state index >= 15 is 0 Å². The summed E-state index contributed by atoms with van der Waals surface area (Å²) in [5.74, 6) is -8.35. The molecule has 0 bridgehead atoms. The average Bonchev–Trinajstić information content (AvgIpc) is 3.77. The van der Waals surface area contributed by atoms with Crippen LogP contribution in [0.2, 0.25) is 0 Å². The van der Waals surface area contributed by atoms with Gasteiger partial charge < -0.3 is 81.9 Å². The highest BCUT2D eigenvalue weighted by Crippen LogP contribution is 2.20.